The Bertz CT molecular complexity index is 925. The molecule has 3 aromatic rings. The summed E-state index contributed by atoms with van der Waals surface area (Å²) in [5.74, 6) is 0.529. The minimum atomic E-state index is -0.105. The summed E-state index contributed by atoms with van der Waals surface area (Å²) in [6.45, 7) is 5.30. The third kappa shape index (κ3) is 2.62. The molecule has 24 heavy (non-hydrogen) atoms. The predicted octanol–water partition coefficient (Wildman–Crippen LogP) is 2.80. The molecule has 1 aliphatic carbocycles. The van der Waals surface area contributed by atoms with Crippen LogP contribution in [-0.2, 0) is 6.54 Å². The summed E-state index contributed by atoms with van der Waals surface area (Å²) in [4.78, 5) is 17.2. The van der Waals surface area contributed by atoms with Crippen LogP contribution >= 0.6 is 0 Å². The summed E-state index contributed by atoms with van der Waals surface area (Å²) < 4.78 is 3.30. The second-order valence-electron chi connectivity index (χ2n) is 7.48. The Hall–Kier alpha value is -2.50. The van der Waals surface area contributed by atoms with Crippen molar-refractivity contribution in [3.05, 3.63) is 47.0 Å². The molecule has 1 unspecified atom stereocenters. The van der Waals surface area contributed by atoms with Crippen molar-refractivity contribution in [2.24, 2.45) is 11.3 Å². The zero-order valence-corrected chi connectivity index (χ0v) is 14.0. The maximum atomic E-state index is 12.7. The monoisotopic (exact) mass is 323 g/mol. The van der Waals surface area contributed by atoms with Gasteiger partial charge in [-0.15, -0.1) is 5.10 Å². The van der Waals surface area contributed by atoms with Gasteiger partial charge in [-0.25, -0.2) is 4.98 Å². The highest BCUT2D eigenvalue weighted by atomic mass is 16.1. The molecule has 1 aliphatic rings. The van der Waals surface area contributed by atoms with Crippen LogP contribution in [0.2, 0.25) is 0 Å². The summed E-state index contributed by atoms with van der Waals surface area (Å²) >= 11 is 0. The minimum Gasteiger partial charge on any atom is -0.297 e. The van der Waals surface area contributed by atoms with Gasteiger partial charge in [0.25, 0.3) is 5.56 Å². The van der Waals surface area contributed by atoms with E-state index in [1.165, 1.54) is 6.42 Å². The van der Waals surface area contributed by atoms with E-state index >= 15 is 0 Å². The summed E-state index contributed by atoms with van der Waals surface area (Å²) in [6, 6.07) is 9.62. The molecular formula is C18H21N5O. The lowest BCUT2D eigenvalue weighted by Crippen LogP contribution is -2.24. The van der Waals surface area contributed by atoms with Crippen molar-refractivity contribution in [3.8, 4) is 5.69 Å². The van der Waals surface area contributed by atoms with Crippen molar-refractivity contribution in [2.45, 2.75) is 39.7 Å². The molecule has 6 heteroatoms. The molecule has 0 spiro atoms. The van der Waals surface area contributed by atoms with Gasteiger partial charge in [0.2, 0.25) is 0 Å². The van der Waals surface area contributed by atoms with E-state index < -0.39 is 0 Å². The van der Waals surface area contributed by atoms with Gasteiger partial charge in [-0.3, -0.25) is 9.36 Å². The van der Waals surface area contributed by atoms with Crippen LogP contribution in [0.15, 0.2) is 41.5 Å². The van der Waals surface area contributed by atoms with Crippen molar-refractivity contribution in [1.29, 1.82) is 0 Å². The maximum absolute atomic E-state index is 12.7. The molecule has 1 fully saturated rings. The second-order valence-corrected chi connectivity index (χ2v) is 7.48. The van der Waals surface area contributed by atoms with Gasteiger partial charge in [-0.05, 0) is 42.7 Å². The van der Waals surface area contributed by atoms with Crippen LogP contribution in [0.25, 0.3) is 16.9 Å². The quantitative estimate of drug-likeness (QED) is 0.743. The SMILES string of the molecule is CC1(C)CCC(Cn2cnc3c(nnn3-c3ccccc3)c2=O)C1. The Labute approximate surface area is 140 Å². The third-order valence-electron chi connectivity index (χ3n) is 4.96. The fourth-order valence-corrected chi connectivity index (χ4v) is 3.73. The average molecular weight is 323 g/mol. The number of fused-ring (bicyclic) bond motifs is 1. The molecule has 1 saturated carbocycles. The third-order valence-corrected chi connectivity index (χ3v) is 4.96. The maximum Gasteiger partial charge on any atom is 0.283 e. The molecule has 0 aliphatic heterocycles. The van der Waals surface area contributed by atoms with Gasteiger partial charge >= 0.3 is 0 Å². The van der Waals surface area contributed by atoms with Crippen molar-refractivity contribution in [2.75, 3.05) is 0 Å². The molecule has 0 radical (unpaired) electrons. The molecule has 2 aromatic heterocycles. The Kier molecular flexibility index (Phi) is 3.48. The lowest BCUT2D eigenvalue weighted by atomic mass is 9.90. The molecule has 4 rings (SSSR count). The van der Waals surface area contributed by atoms with Crippen LogP contribution in [0, 0.1) is 11.3 Å². The lowest BCUT2D eigenvalue weighted by molar-refractivity contribution is 0.344. The van der Waals surface area contributed by atoms with E-state index in [4.69, 9.17) is 0 Å². The van der Waals surface area contributed by atoms with Gasteiger partial charge in [0, 0.05) is 6.54 Å². The van der Waals surface area contributed by atoms with Crippen LogP contribution in [-0.4, -0.2) is 24.5 Å². The zero-order valence-electron chi connectivity index (χ0n) is 14.0. The largest absolute Gasteiger partial charge is 0.297 e. The van der Waals surface area contributed by atoms with E-state index in [1.54, 1.807) is 15.6 Å². The van der Waals surface area contributed by atoms with Crippen LogP contribution in [0.1, 0.15) is 33.1 Å². The van der Waals surface area contributed by atoms with Crippen molar-refractivity contribution in [3.63, 3.8) is 0 Å². The highest BCUT2D eigenvalue weighted by Gasteiger charge is 2.31. The summed E-state index contributed by atoms with van der Waals surface area (Å²) in [5.41, 5.74) is 1.96. The van der Waals surface area contributed by atoms with E-state index in [9.17, 15) is 4.79 Å². The molecular weight excluding hydrogens is 302 g/mol. The molecule has 0 bridgehead atoms. The first-order chi connectivity index (χ1) is 11.5. The molecule has 6 nitrogen and oxygen atoms in total. The molecule has 1 atom stereocenters. The summed E-state index contributed by atoms with van der Waals surface area (Å²) in [7, 11) is 0. The summed E-state index contributed by atoms with van der Waals surface area (Å²) in [5, 5.41) is 8.19. The highest BCUT2D eigenvalue weighted by molar-refractivity contribution is 5.70. The van der Waals surface area contributed by atoms with Crippen LogP contribution < -0.4 is 5.56 Å². The van der Waals surface area contributed by atoms with Crippen LogP contribution in [0.5, 0.6) is 0 Å². The first kappa shape index (κ1) is 15.1. The summed E-state index contributed by atoms with van der Waals surface area (Å²) in [6.07, 6.45) is 5.16. The normalized spacial score (nSPS) is 19.8. The highest BCUT2D eigenvalue weighted by Crippen LogP contribution is 2.41. The number of aromatic nitrogens is 5. The minimum absolute atomic E-state index is 0.105. The molecule has 2 heterocycles. The van der Waals surface area contributed by atoms with Crippen LogP contribution in [0.4, 0.5) is 0 Å². The number of rotatable bonds is 3. The van der Waals surface area contributed by atoms with Gasteiger partial charge in [-0.2, -0.15) is 4.68 Å². The standard InChI is InChI=1S/C18H21N5O/c1-18(2)9-8-13(10-18)11-22-12-19-16-15(17(22)24)20-21-23(16)14-6-4-3-5-7-14/h3-7,12-13H,8-11H2,1-2H3. The van der Waals surface area contributed by atoms with E-state index in [-0.39, 0.29) is 5.56 Å². The Morgan fingerprint density at radius 2 is 2.04 bits per heavy atom. The van der Waals surface area contributed by atoms with E-state index in [0.29, 0.717) is 29.0 Å². The number of benzene rings is 1. The molecule has 0 amide bonds. The molecule has 124 valence electrons. The number of hydrogen-bond donors (Lipinski definition) is 0. The lowest BCUT2D eigenvalue weighted by Gasteiger charge is -2.17. The molecule has 0 N–H and O–H groups in total. The van der Waals surface area contributed by atoms with E-state index in [1.807, 2.05) is 30.3 Å². The zero-order chi connectivity index (χ0) is 16.7. The fourth-order valence-electron chi connectivity index (χ4n) is 3.73. The Morgan fingerprint density at radius 1 is 1.25 bits per heavy atom. The first-order valence-corrected chi connectivity index (χ1v) is 8.40. The first-order valence-electron chi connectivity index (χ1n) is 8.40. The number of hydrogen-bond acceptors (Lipinski definition) is 4. The van der Waals surface area contributed by atoms with Gasteiger partial charge in [0.1, 0.15) is 6.33 Å². The van der Waals surface area contributed by atoms with Gasteiger partial charge in [-0.1, -0.05) is 37.3 Å². The van der Waals surface area contributed by atoms with Gasteiger partial charge in [0.05, 0.1) is 5.69 Å². The second kappa shape index (κ2) is 5.54. The average Bonchev–Trinajstić information content (AvgIpc) is 3.14. The Morgan fingerprint density at radius 3 is 2.75 bits per heavy atom. The Balaban J connectivity index is 1.68. The predicted molar refractivity (Wildman–Crippen MR) is 92.0 cm³/mol. The topological polar surface area (TPSA) is 65.6 Å². The number of nitrogens with zero attached hydrogens (tertiary/aromatic N) is 5. The molecule has 0 saturated heterocycles. The van der Waals surface area contributed by atoms with Crippen molar-refractivity contribution in [1.82, 2.24) is 24.5 Å². The molecule has 1 aromatic carbocycles. The van der Waals surface area contributed by atoms with Crippen molar-refractivity contribution < 1.29 is 0 Å². The van der Waals surface area contributed by atoms with Gasteiger partial charge < -0.3 is 0 Å². The van der Waals surface area contributed by atoms with Crippen molar-refractivity contribution >= 4 is 11.2 Å². The van der Waals surface area contributed by atoms with E-state index in [0.717, 1.165) is 18.5 Å². The fraction of sp³-hybridized carbons (Fsp3) is 0.444. The van der Waals surface area contributed by atoms with E-state index in [2.05, 4.69) is 29.1 Å². The smallest absolute Gasteiger partial charge is 0.283 e. The van der Waals surface area contributed by atoms with Crippen LogP contribution in [0.3, 0.4) is 0 Å². The van der Waals surface area contributed by atoms with Gasteiger partial charge in [0.15, 0.2) is 11.2 Å². The number of para-hydroxylation sites is 1.